The molecule has 0 aromatic carbocycles. The summed E-state index contributed by atoms with van der Waals surface area (Å²) in [5.74, 6) is -1.41. The van der Waals surface area contributed by atoms with Gasteiger partial charge in [-0.2, -0.15) is 0 Å². The summed E-state index contributed by atoms with van der Waals surface area (Å²) < 4.78 is 7.53. The van der Waals surface area contributed by atoms with Crippen LogP contribution in [-0.4, -0.2) is 40.3 Å². The van der Waals surface area contributed by atoms with E-state index < -0.39 is 29.5 Å². The molecule has 5 nitrogen and oxygen atoms in total. The summed E-state index contributed by atoms with van der Waals surface area (Å²) in [4.78, 5) is 25.5. The Labute approximate surface area is 189 Å². The number of hydrogen-bond donors (Lipinski definition) is 2. The van der Waals surface area contributed by atoms with Crippen molar-refractivity contribution in [2.24, 2.45) is 17.3 Å². The predicted molar refractivity (Wildman–Crippen MR) is 124 cm³/mol. The molecule has 0 fully saturated rings. The van der Waals surface area contributed by atoms with Crippen LogP contribution in [0.25, 0.3) is 0 Å². The highest BCUT2D eigenvalue weighted by atomic mass is 127. The Kier molecular flexibility index (Phi) is 10.5. The molecule has 2 N–H and O–H groups in total. The van der Waals surface area contributed by atoms with Gasteiger partial charge in [-0.05, 0) is 48.7 Å². The van der Waals surface area contributed by atoms with Gasteiger partial charge >= 0.3 is 5.97 Å². The third kappa shape index (κ3) is 7.47. The average molecular weight is 520 g/mol. The number of ketones is 1. The molecule has 0 unspecified atom stereocenters. The molecule has 0 bridgehead atoms. The van der Waals surface area contributed by atoms with Crippen LogP contribution in [0, 0.1) is 17.3 Å². The number of Topliss-reactive ketones (excluding diaryl/α,β-unsaturated/α-hetero) is 1. The summed E-state index contributed by atoms with van der Waals surface area (Å²) in [7, 11) is 0. The monoisotopic (exact) mass is 520 g/mol. The van der Waals surface area contributed by atoms with E-state index in [1.54, 1.807) is 20.8 Å². The minimum absolute atomic E-state index is 0.0236. The summed E-state index contributed by atoms with van der Waals surface area (Å²) in [6.07, 6.45) is 2.71. The maximum atomic E-state index is 13.0. The summed E-state index contributed by atoms with van der Waals surface area (Å²) in [6, 6.07) is 0. The molecule has 1 rings (SSSR count). The van der Waals surface area contributed by atoms with Crippen molar-refractivity contribution < 1.29 is 24.5 Å². The number of allylic oxidation sites excluding steroid dienone is 1. The average Bonchev–Trinajstić information content (AvgIpc) is 2.67. The molecule has 0 spiro atoms. The van der Waals surface area contributed by atoms with Gasteiger partial charge in [0.15, 0.2) is 0 Å². The van der Waals surface area contributed by atoms with Gasteiger partial charge in [0.25, 0.3) is 0 Å². The Hall–Kier alpha value is -0.730. The van der Waals surface area contributed by atoms with Gasteiger partial charge in [0.2, 0.25) is 0 Å². The second kappa shape index (κ2) is 11.6. The number of rotatable bonds is 1. The van der Waals surface area contributed by atoms with E-state index in [2.05, 4.69) is 35.6 Å². The molecule has 0 aliphatic carbocycles. The van der Waals surface area contributed by atoms with E-state index in [0.717, 1.165) is 24.8 Å². The lowest BCUT2D eigenvalue weighted by atomic mass is 9.73. The summed E-state index contributed by atoms with van der Waals surface area (Å²) >= 11 is 2.13. The van der Waals surface area contributed by atoms with E-state index in [1.165, 1.54) is 5.57 Å². The topological polar surface area (TPSA) is 83.8 Å². The maximum Gasteiger partial charge on any atom is 0.309 e. The van der Waals surface area contributed by atoms with Crippen LogP contribution in [0.4, 0.5) is 0 Å². The summed E-state index contributed by atoms with van der Waals surface area (Å²) in [5.41, 5.74) is 1.00. The first-order valence-corrected chi connectivity index (χ1v) is 11.7. The van der Waals surface area contributed by atoms with Crippen molar-refractivity contribution in [1.82, 2.24) is 0 Å². The number of carbonyl (C=O) groups excluding carboxylic acids is 2. The van der Waals surface area contributed by atoms with Crippen molar-refractivity contribution in [1.29, 1.82) is 0 Å². The molecule has 1 aliphatic heterocycles. The molecule has 0 aromatic rings. The number of aliphatic hydroxyl groups excluding tert-OH is 2. The van der Waals surface area contributed by atoms with Crippen LogP contribution in [-0.2, 0) is 14.3 Å². The second-order valence-electron chi connectivity index (χ2n) is 9.07. The number of cyclic esters (lactones) is 1. The standard InChI is InChI=1S/C23H37IO5/c1-14-8-7-9-15(2)21(27)17(4)22(28)23(5,6)19(25)12-20(26)29-18(11-10-14)16(3)13-24/h10,13,15,17-19,21,25,27H,7-9,11-12H2,1-6H3/b14-10-,16-13+/t15-,17+,18-,19-,21-/m0/s1. The fourth-order valence-corrected chi connectivity index (χ4v) is 4.10. The van der Waals surface area contributed by atoms with Crippen LogP contribution >= 0.6 is 22.6 Å². The molecule has 0 saturated carbocycles. The summed E-state index contributed by atoms with van der Waals surface area (Å²) in [5, 5.41) is 21.3. The lowest BCUT2D eigenvalue weighted by Crippen LogP contribution is -2.45. The van der Waals surface area contributed by atoms with Crippen LogP contribution in [0.2, 0.25) is 0 Å². The molecular weight excluding hydrogens is 483 g/mol. The van der Waals surface area contributed by atoms with Gasteiger partial charge in [-0.1, -0.05) is 61.9 Å². The number of aliphatic hydroxyl groups is 2. The Balaban J connectivity index is 3.17. The molecular formula is C23H37IO5. The molecule has 1 aliphatic rings. The van der Waals surface area contributed by atoms with E-state index >= 15 is 0 Å². The van der Waals surface area contributed by atoms with Crippen molar-refractivity contribution in [3.63, 3.8) is 0 Å². The van der Waals surface area contributed by atoms with E-state index in [-0.39, 0.29) is 24.2 Å². The van der Waals surface area contributed by atoms with E-state index in [0.29, 0.717) is 6.42 Å². The Morgan fingerprint density at radius 2 is 1.90 bits per heavy atom. The zero-order valence-corrected chi connectivity index (χ0v) is 20.7. The highest BCUT2D eigenvalue weighted by Gasteiger charge is 2.42. The van der Waals surface area contributed by atoms with E-state index in [1.807, 2.05) is 17.9 Å². The molecule has 29 heavy (non-hydrogen) atoms. The zero-order chi connectivity index (χ0) is 22.4. The SMILES string of the molecule is C/C1=C/C[C@@H](/C(C)=C/I)OC(=O)C[C@H](O)C(C)(C)C(=O)[C@H](C)[C@@H](O)[C@@H](C)CCC1. The molecule has 0 amide bonds. The van der Waals surface area contributed by atoms with Gasteiger partial charge in [-0.3, -0.25) is 9.59 Å². The van der Waals surface area contributed by atoms with Crippen LogP contribution in [0.15, 0.2) is 21.3 Å². The lowest BCUT2D eigenvalue weighted by Gasteiger charge is -2.34. The van der Waals surface area contributed by atoms with Crippen molar-refractivity contribution in [3.8, 4) is 0 Å². The van der Waals surface area contributed by atoms with Gasteiger partial charge in [0, 0.05) is 12.3 Å². The van der Waals surface area contributed by atoms with Crippen LogP contribution < -0.4 is 0 Å². The molecule has 166 valence electrons. The van der Waals surface area contributed by atoms with Crippen molar-refractivity contribution in [3.05, 3.63) is 21.3 Å². The Morgan fingerprint density at radius 3 is 2.48 bits per heavy atom. The normalized spacial score (nSPS) is 35.6. The minimum atomic E-state index is -1.18. The van der Waals surface area contributed by atoms with Gasteiger partial charge in [-0.15, -0.1) is 0 Å². The van der Waals surface area contributed by atoms with Crippen molar-refractivity contribution in [2.45, 2.75) is 92.0 Å². The molecule has 1 heterocycles. The smallest absolute Gasteiger partial charge is 0.309 e. The molecule has 5 atom stereocenters. The first-order valence-electron chi connectivity index (χ1n) is 10.4. The van der Waals surface area contributed by atoms with Crippen molar-refractivity contribution >= 4 is 34.3 Å². The van der Waals surface area contributed by atoms with Crippen LogP contribution in [0.1, 0.15) is 73.6 Å². The number of esters is 1. The lowest BCUT2D eigenvalue weighted by molar-refractivity contribution is -0.154. The largest absolute Gasteiger partial charge is 0.457 e. The summed E-state index contributed by atoms with van der Waals surface area (Å²) in [6.45, 7) is 10.9. The van der Waals surface area contributed by atoms with E-state index in [4.69, 9.17) is 4.74 Å². The zero-order valence-electron chi connectivity index (χ0n) is 18.6. The van der Waals surface area contributed by atoms with Gasteiger partial charge in [-0.25, -0.2) is 0 Å². The predicted octanol–water partition coefficient (Wildman–Crippen LogP) is 4.74. The fourth-order valence-electron chi connectivity index (χ4n) is 3.70. The molecule has 0 aromatic heterocycles. The fraction of sp³-hybridized carbons (Fsp3) is 0.739. The second-order valence-corrected chi connectivity index (χ2v) is 9.70. The van der Waals surface area contributed by atoms with Gasteiger partial charge in [0.1, 0.15) is 11.9 Å². The van der Waals surface area contributed by atoms with Crippen molar-refractivity contribution in [2.75, 3.05) is 0 Å². The van der Waals surface area contributed by atoms with E-state index in [9.17, 15) is 19.8 Å². The molecule has 0 saturated heterocycles. The first kappa shape index (κ1) is 26.3. The van der Waals surface area contributed by atoms with Crippen LogP contribution in [0.5, 0.6) is 0 Å². The molecule has 6 heteroatoms. The third-order valence-corrected chi connectivity index (χ3v) is 7.18. The Morgan fingerprint density at radius 1 is 1.28 bits per heavy atom. The van der Waals surface area contributed by atoms with Gasteiger partial charge < -0.3 is 14.9 Å². The number of halogens is 1. The van der Waals surface area contributed by atoms with Gasteiger partial charge in [0.05, 0.1) is 24.0 Å². The minimum Gasteiger partial charge on any atom is -0.457 e. The molecule has 0 radical (unpaired) electrons. The van der Waals surface area contributed by atoms with Crippen LogP contribution in [0.3, 0.4) is 0 Å². The quantitative estimate of drug-likeness (QED) is 0.297. The Bertz CT molecular complexity index is 637. The first-order chi connectivity index (χ1) is 13.4. The number of carbonyl (C=O) groups is 2. The number of ether oxygens (including phenoxy) is 1. The number of hydrogen-bond acceptors (Lipinski definition) is 5. The highest BCUT2D eigenvalue weighted by Crippen LogP contribution is 2.32. The maximum absolute atomic E-state index is 13.0. The third-order valence-electron chi connectivity index (χ3n) is 6.20. The highest BCUT2D eigenvalue weighted by molar-refractivity contribution is 14.1.